The van der Waals surface area contributed by atoms with E-state index in [1.54, 1.807) is 6.07 Å². The molecule has 1 aliphatic heterocycles. The summed E-state index contributed by atoms with van der Waals surface area (Å²) in [6, 6.07) is 5.34. The lowest BCUT2D eigenvalue weighted by Crippen LogP contribution is -2.38. The zero-order chi connectivity index (χ0) is 13.8. The molecule has 1 fully saturated rings. The van der Waals surface area contributed by atoms with E-state index in [4.69, 9.17) is 22.7 Å². The van der Waals surface area contributed by atoms with Crippen LogP contribution in [0.25, 0.3) is 0 Å². The van der Waals surface area contributed by atoms with Crippen LogP contribution < -0.4 is 16.4 Å². The molecule has 5 nitrogen and oxygen atoms in total. The zero-order valence-electron chi connectivity index (χ0n) is 10.7. The predicted octanol–water partition coefficient (Wildman–Crippen LogP) is 1.54. The van der Waals surface area contributed by atoms with Gasteiger partial charge in [-0.2, -0.15) is 0 Å². The largest absolute Gasteiger partial charge is 0.389 e. The van der Waals surface area contributed by atoms with E-state index < -0.39 is 0 Å². The summed E-state index contributed by atoms with van der Waals surface area (Å²) in [5.41, 5.74) is 7.98. The van der Waals surface area contributed by atoms with Gasteiger partial charge in [0.25, 0.3) is 0 Å². The number of ether oxygens (including phenoxy) is 1. The lowest BCUT2D eigenvalue weighted by Gasteiger charge is -2.14. The molecule has 2 rings (SSSR count). The van der Waals surface area contributed by atoms with Crippen LogP contribution in [0.15, 0.2) is 18.2 Å². The molecule has 0 aromatic heterocycles. The number of carbonyl (C=O) groups excluding carboxylic acids is 1. The molecule has 1 atom stereocenters. The predicted molar refractivity (Wildman–Crippen MR) is 78.4 cm³/mol. The van der Waals surface area contributed by atoms with E-state index in [1.807, 2.05) is 19.1 Å². The van der Waals surface area contributed by atoms with Gasteiger partial charge in [0.15, 0.2) is 0 Å². The molecule has 1 aliphatic rings. The molecule has 0 aliphatic carbocycles. The lowest BCUT2D eigenvalue weighted by molar-refractivity contribution is 0.189. The Morgan fingerprint density at radius 1 is 1.53 bits per heavy atom. The number of amides is 2. The second-order valence-electron chi connectivity index (χ2n) is 4.55. The monoisotopic (exact) mass is 279 g/mol. The van der Waals surface area contributed by atoms with Gasteiger partial charge in [-0.1, -0.05) is 24.4 Å². The number of aryl methyl sites for hydroxylation is 1. The highest BCUT2D eigenvalue weighted by atomic mass is 32.1. The summed E-state index contributed by atoms with van der Waals surface area (Å²) >= 11 is 4.93. The summed E-state index contributed by atoms with van der Waals surface area (Å²) in [6.07, 6.45) is 0.847. The molecular weight excluding hydrogens is 262 g/mol. The number of rotatable bonds is 3. The van der Waals surface area contributed by atoms with Crippen molar-refractivity contribution in [3.63, 3.8) is 0 Å². The van der Waals surface area contributed by atoms with Crippen LogP contribution in [0.4, 0.5) is 10.5 Å². The Morgan fingerprint density at radius 3 is 2.95 bits per heavy atom. The Bertz CT molecular complexity index is 499. The third-order valence-electron chi connectivity index (χ3n) is 3.04. The topological polar surface area (TPSA) is 76.4 Å². The van der Waals surface area contributed by atoms with Crippen molar-refractivity contribution in [2.75, 3.05) is 18.5 Å². The van der Waals surface area contributed by atoms with Gasteiger partial charge >= 0.3 is 6.03 Å². The second kappa shape index (κ2) is 5.99. The van der Waals surface area contributed by atoms with Crippen molar-refractivity contribution in [1.82, 2.24) is 5.32 Å². The first-order chi connectivity index (χ1) is 9.06. The number of benzene rings is 1. The number of hydrogen-bond donors (Lipinski definition) is 3. The number of carbonyl (C=O) groups is 1. The summed E-state index contributed by atoms with van der Waals surface area (Å²) in [7, 11) is 0. The molecule has 1 heterocycles. The fourth-order valence-electron chi connectivity index (χ4n) is 1.90. The molecule has 1 aromatic carbocycles. The molecule has 1 unspecified atom stereocenters. The SMILES string of the molecule is Cc1ccc(C(N)=S)cc1NC(=O)NC1CCOC1. The van der Waals surface area contributed by atoms with Crippen molar-refractivity contribution in [2.45, 2.75) is 19.4 Å². The van der Waals surface area contributed by atoms with E-state index in [1.165, 1.54) is 0 Å². The van der Waals surface area contributed by atoms with Gasteiger partial charge < -0.3 is 21.1 Å². The summed E-state index contributed by atoms with van der Waals surface area (Å²) < 4.78 is 5.21. The van der Waals surface area contributed by atoms with Gasteiger partial charge in [-0.25, -0.2) is 4.79 Å². The van der Waals surface area contributed by atoms with Gasteiger partial charge in [-0.05, 0) is 25.0 Å². The highest BCUT2D eigenvalue weighted by Gasteiger charge is 2.18. The summed E-state index contributed by atoms with van der Waals surface area (Å²) in [5, 5.41) is 5.68. The van der Waals surface area contributed by atoms with Crippen molar-refractivity contribution in [2.24, 2.45) is 5.73 Å². The number of nitrogens with one attached hydrogen (secondary N) is 2. The first kappa shape index (κ1) is 13.8. The van der Waals surface area contributed by atoms with Crippen molar-refractivity contribution < 1.29 is 9.53 Å². The van der Waals surface area contributed by atoms with Crippen LogP contribution in [0.1, 0.15) is 17.5 Å². The zero-order valence-corrected chi connectivity index (χ0v) is 11.5. The maximum atomic E-state index is 11.9. The first-order valence-electron chi connectivity index (χ1n) is 6.12. The Kier molecular flexibility index (Phi) is 4.34. The van der Waals surface area contributed by atoms with Crippen LogP contribution in [-0.4, -0.2) is 30.3 Å². The number of anilines is 1. The average molecular weight is 279 g/mol. The Labute approximate surface area is 117 Å². The van der Waals surface area contributed by atoms with Crippen LogP contribution in [0, 0.1) is 6.92 Å². The van der Waals surface area contributed by atoms with Gasteiger partial charge in [0.2, 0.25) is 0 Å². The third kappa shape index (κ3) is 3.65. The molecule has 0 bridgehead atoms. The van der Waals surface area contributed by atoms with E-state index in [0.717, 1.165) is 17.5 Å². The average Bonchev–Trinajstić information content (AvgIpc) is 2.84. The van der Waals surface area contributed by atoms with Crippen LogP contribution in [0.3, 0.4) is 0 Å². The fourth-order valence-corrected chi connectivity index (χ4v) is 2.03. The molecule has 102 valence electrons. The lowest BCUT2D eigenvalue weighted by atomic mass is 10.1. The molecule has 4 N–H and O–H groups in total. The van der Waals surface area contributed by atoms with Gasteiger partial charge in [0.05, 0.1) is 12.6 Å². The van der Waals surface area contributed by atoms with E-state index in [9.17, 15) is 4.79 Å². The molecule has 0 spiro atoms. The summed E-state index contributed by atoms with van der Waals surface area (Å²) in [4.78, 5) is 12.2. The van der Waals surface area contributed by atoms with Gasteiger partial charge in [-0.3, -0.25) is 0 Å². The molecule has 19 heavy (non-hydrogen) atoms. The first-order valence-corrected chi connectivity index (χ1v) is 6.53. The van der Waals surface area contributed by atoms with Crippen LogP contribution in [0.5, 0.6) is 0 Å². The number of urea groups is 1. The Balaban J connectivity index is 2.02. The molecule has 1 aromatic rings. The van der Waals surface area contributed by atoms with E-state index in [0.29, 0.717) is 23.9 Å². The quantitative estimate of drug-likeness (QED) is 0.734. The number of thiocarbonyl (C=S) groups is 1. The molecule has 6 heteroatoms. The molecule has 0 radical (unpaired) electrons. The number of nitrogens with two attached hydrogens (primary N) is 1. The molecular formula is C13H17N3O2S. The van der Waals surface area contributed by atoms with E-state index in [-0.39, 0.29) is 12.1 Å². The normalized spacial score (nSPS) is 18.1. The van der Waals surface area contributed by atoms with E-state index >= 15 is 0 Å². The minimum absolute atomic E-state index is 0.0825. The molecule has 0 saturated carbocycles. The third-order valence-corrected chi connectivity index (χ3v) is 3.27. The second-order valence-corrected chi connectivity index (χ2v) is 4.99. The fraction of sp³-hybridized carbons (Fsp3) is 0.385. The van der Waals surface area contributed by atoms with Gasteiger partial charge in [0.1, 0.15) is 4.99 Å². The van der Waals surface area contributed by atoms with Crippen LogP contribution >= 0.6 is 12.2 Å². The highest BCUT2D eigenvalue weighted by molar-refractivity contribution is 7.80. The van der Waals surface area contributed by atoms with Crippen LogP contribution in [0.2, 0.25) is 0 Å². The highest BCUT2D eigenvalue weighted by Crippen LogP contribution is 2.17. The molecule has 2 amide bonds. The summed E-state index contributed by atoms with van der Waals surface area (Å²) in [5.74, 6) is 0. The van der Waals surface area contributed by atoms with Crippen molar-refractivity contribution >= 4 is 28.9 Å². The van der Waals surface area contributed by atoms with Crippen molar-refractivity contribution in [3.05, 3.63) is 29.3 Å². The standard InChI is InChI=1S/C13H17N3O2S/c1-8-2-3-9(12(14)19)6-11(8)16-13(17)15-10-4-5-18-7-10/h2-3,6,10H,4-5,7H2,1H3,(H2,14,19)(H2,15,16,17). The van der Waals surface area contributed by atoms with Crippen molar-refractivity contribution in [3.8, 4) is 0 Å². The smallest absolute Gasteiger partial charge is 0.319 e. The van der Waals surface area contributed by atoms with Gasteiger partial charge in [-0.15, -0.1) is 0 Å². The van der Waals surface area contributed by atoms with Crippen molar-refractivity contribution in [1.29, 1.82) is 0 Å². The number of hydrogen-bond acceptors (Lipinski definition) is 3. The van der Waals surface area contributed by atoms with E-state index in [2.05, 4.69) is 10.6 Å². The molecule has 1 saturated heterocycles. The maximum absolute atomic E-state index is 11.9. The Morgan fingerprint density at radius 2 is 2.32 bits per heavy atom. The Hall–Kier alpha value is -1.66. The minimum Gasteiger partial charge on any atom is -0.389 e. The maximum Gasteiger partial charge on any atom is 0.319 e. The summed E-state index contributed by atoms with van der Waals surface area (Å²) in [6.45, 7) is 3.18. The van der Waals surface area contributed by atoms with Gasteiger partial charge in [0, 0.05) is 17.9 Å². The van der Waals surface area contributed by atoms with Crippen LogP contribution in [-0.2, 0) is 4.74 Å². The minimum atomic E-state index is -0.237.